The Balaban J connectivity index is 1.83. The fourth-order valence-corrected chi connectivity index (χ4v) is 5.51. The van der Waals surface area contributed by atoms with Crippen molar-refractivity contribution < 1.29 is 23.8 Å². The fraction of sp³-hybridized carbons (Fsp3) is 0.379. The summed E-state index contributed by atoms with van der Waals surface area (Å²) in [6.07, 6.45) is 5.37. The molecule has 2 amide bonds. The van der Waals surface area contributed by atoms with Crippen LogP contribution in [0.2, 0.25) is 0 Å². The smallest absolute Gasteiger partial charge is 0.248 e. The van der Waals surface area contributed by atoms with Crippen molar-refractivity contribution in [2.75, 3.05) is 26.2 Å². The number of anilines is 1. The van der Waals surface area contributed by atoms with E-state index in [0.29, 0.717) is 28.5 Å². The van der Waals surface area contributed by atoms with Crippen LogP contribution >= 0.6 is 11.3 Å². The lowest BCUT2D eigenvalue weighted by Gasteiger charge is -2.34. The van der Waals surface area contributed by atoms with Crippen molar-refractivity contribution in [1.29, 1.82) is 0 Å². The van der Waals surface area contributed by atoms with Crippen LogP contribution in [-0.2, 0) is 16.0 Å². The van der Waals surface area contributed by atoms with Crippen molar-refractivity contribution in [3.63, 3.8) is 0 Å². The summed E-state index contributed by atoms with van der Waals surface area (Å²) in [7, 11) is 4.71. The lowest BCUT2D eigenvalue weighted by Crippen LogP contribution is -2.47. The minimum Gasteiger partial charge on any atom is -0.497 e. The van der Waals surface area contributed by atoms with E-state index in [-0.39, 0.29) is 24.3 Å². The number of hydrogen-bond acceptors (Lipinski definition) is 6. The van der Waals surface area contributed by atoms with E-state index in [1.807, 2.05) is 35.7 Å². The van der Waals surface area contributed by atoms with Crippen LogP contribution in [0.4, 0.5) is 5.69 Å². The van der Waals surface area contributed by atoms with Gasteiger partial charge < -0.3 is 19.5 Å². The van der Waals surface area contributed by atoms with E-state index in [4.69, 9.17) is 14.2 Å². The molecule has 1 fully saturated rings. The molecule has 1 aliphatic rings. The predicted octanol–water partition coefficient (Wildman–Crippen LogP) is 5.54. The highest BCUT2D eigenvalue weighted by molar-refractivity contribution is 7.10. The molecule has 1 unspecified atom stereocenters. The first-order chi connectivity index (χ1) is 18.0. The largest absolute Gasteiger partial charge is 0.497 e. The molecule has 0 aliphatic heterocycles. The third-order valence-corrected chi connectivity index (χ3v) is 7.58. The van der Waals surface area contributed by atoms with Gasteiger partial charge in [0.2, 0.25) is 11.8 Å². The van der Waals surface area contributed by atoms with E-state index >= 15 is 0 Å². The molecule has 0 radical (unpaired) electrons. The molecule has 0 spiro atoms. The minimum atomic E-state index is -0.956. The summed E-state index contributed by atoms with van der Waals surface area (Å²) in [6.45, 7) is 0. The zero-order valence-corrected chi connectivity index (χ0v) is 22.4. The lowest BCUT2D eigenvalue weighted by molar-refractivity contribution is -0.127. The van der Waals surface area contributed by atoms with Gasteiger partial charge in [0.05, 0.1) is 27.8 Å². The zero-order valence-electron chi connectivity index (χ0n) is 21.6. The molecule has 37 heavy (non-hydrogen) atoms. The molecule has 1 saturated carbocycles. The molecule has 1 atom stereocenters. The topological polar surface area (TPSA) is 77.1 Å². The minimum absolute atomic E-state index is 0.0764. The van der Waals surface area contributed by atoms with Crippen LogP contribution < -0.4 is 24.4 Å². The van der Waals surface area contributed by atoms with Crippen molar-refractivity contribution >= 4 is 28.8 Å². The van der Waals surface area contributed by atoms with E-state index < -0.39 is 6.04 Å². The SMILES string of the molecule is COc1cccc(N(C(=O)Cc2cccs2)C(C(=O)NC2CCCCC2)c2ccc(OC)cc2OC)c1. The fourth-order valence-electron chi connectivity index (χ4n) is 4.81. The molecular formula is C29H34N2O5S. The van der Waals surface area contributed by atoms with E-state index in [2.05, 4.69) is 5.32 Å². The molecule has 2 aromatic carbocycles. The monoisotopic (exact) mass is 522 g/mol. The Morgan fingerprint density at radius 1 is 0.946 bits per heavy atom. The maximum Gasteiger partial charge on any atom is 0.248 e. The number of amides is 2. The number of nitrogens with one attached hydrogen (secondary N) is 1. The van der Waals surface area contributed by atoms with E-state index in [1.165, 1.54) is 17.8 Å². The van der Waals surface area contributed by atoms with Crippen LogP contribution in [0.25, 0.3) is 0 Å². The number of methoxy groups -OCH3 is 3. The summed E-state index contributed by atoms with van der Waals surface area (Å²) in [5, 5.41) is 5.18. The van der Waals surface area contributed by atoms with Gasteiger partial charge in [-0.2, -0.15) is 0 Å². The number of rotatable bonds is 10. The van der Waals surface area contributed by atoms with Gasteiger partial charge in [-0.05, 0) is 48.6 Å². The van der Waals surface area contributed by atoms with Crippen molar-refractivity contribution in [3.05, 3.63) is 70.4 Å². The number of nitrogens with zero attached hydrogens (tertiary/aromatic N) is 1. The second-order valence-corrected chi connectivity index (χ2v) is 10.1. The van der Waals surface area contributed by atoms with Gasteiger partial charge in [-0.3, -0.25) is 14.5 Å². The van der Waals surface area contributed by atoms with Gasteiger partial charge in [-0.1, -0.05) is 31.4 Å². The first kappa shape index (κ1) is 26.5. The highest BCUT2D eigenvalue weighted by Crippen LogP contribution is 2.37. The van der Waals surface area contributed by atoms with E-state index in [9.17, 15) is 9.59 Å². The number of hydrogen-bond donors (Lipinski definition) is 1. The first-order valence-corrected chi connectivity index (χ1v) is 13.4. The highest BCUT2D eigenvalue weighted by Gasteiger charge is 2.36. The van der Waals surface area contributed by atoms with Gasteiger partial charge in [0.25, 0.3) is 0 Å². The third kappa shape index (κ3) is 6.43. The van der Waals surface area contributed by atoms with E-state index in [0.717, 1.165) is 30.6 Å². The second kappa shape index (κ2) is 12.6. The summed E-state index contributed by atoms with van der Waals surface area (Å²) in [6, 6.07) is 15.5. The van der Waals surface area contributed by atoms with Crippen LogP contribution in [0.15, 0.2) is 60.0 Å². The molecule has 0 bridgehead atoms. The molecule has 196 valence electrons. The molecule has 4 rings (SSSR count). The third-order valence-electron chi connectivity index (χ3n) is 6.70. The van der Waals surface area contributed by atoms with Crippen LogP contribution in [0, 0.1) is 0 Å². The number of carbonyl (C=O) groups excluding carboxylic acids is 2. The average Bonchev–Trinajstić information content (AvgIpc) is 3.44. The predicted molar refractivity (Wildman–Crippen MR) is 146 cm³/mol. The Morgan fingerprint density at radius 2 is 1.70 bits per heavy atom. The molecule has 1 heterocycles. The van der Waals surface area contributed by atoms with Crippen LogP contribution in [0.5, 0.6) is 17.2 Å². The van der Waals surface area contributed by atoms with Crippen LogP contribution in [0.3, 0.4) is 0 Å². The van der Waals surface area contributed by atoms with Crippen LogP contribution in [0.1, 0.15) is 48.6 Å². The van der Waals surface area contributed by atoms with E-state index in [1.54, 1.807) is 50.5 Å². The molecular weight excluding hydrogens is 488 g/mol. The first-order valence-electron chi connectivity index (χ1n) is 12.5. The maximum atomic E-state index is 14.1. The summed E-state index contributed by atoms with van der Waals surface area (Å²) >= 11 is 1.51. The molecule has 0 saturated heterocycles. The summed E-state index contributed by atoms with van der Waals surface area (Å²) in [4.78, 5) is 30.6. The summed E-state index contributed by atoms with van der Waals surface area (Å²) < 4.78 is 16.6. The van der Waals surface area contributed by atoms with Crippen molar-refractivity contribution in [2.45, 2.75) is 50.6 Å². The average molecular weight is 523 g/mol. The number of thiophene rings is 1. The summed E-state index contributed by atoms with van der Waals surface area (Å²) in [5.41, 5.74) is 1.15. The van der Waals surface area contributed by atoms with Crippen molar-refractivity contribution in [2.24, 2.45) is 0 Å². The summed E-state index contributed by atoms with van der Waals surface area (Å²) in [5.74, 6) is 1.24. The Labute approximate surface area is 222 Å². The molecule has 1 N–H and O–H groups in total. The lowest BCUT2D eigenvalue weighted by atomic mass is 9.94. The second-order valence-electron chi connectivity index (χ2n) is 9.08. The maximum absolute atomic E-state index is 14.1. The van der Waals surface area contributed by atoms with Gasteiger partial charge in [0.15, 0.2) is 0 Å². The Kier molecular flexibility index (Phi) is 9.06. The number of benzene rings is 2. The molecule has 1 aliphatic carbocycles. The standard InChI is InChI=1S/C29H34N2O5S/c1-34-22-12-7-11-21(17-22)31(27(32)19-24-13-8-16-37-24)28(29(33)30-20-9-5-4-6-10-20)25-15-14-23(35-2)18-26(25)36-3/h7-8,11-18,20,28H,4-6,9-10,19H2,1-3H3,(H,30,33). The van der Waals surface area contributed by atoms with Gasteiger partial charge in [-0.15, -0.1) is 11.3 Å². The Hall–Kier alpha value is -3.52. The molecule has 7 nitrogen and oxygen atoms in total. The Morgan fingerprint density at radius 3 is 2.38 bits per heavy atom. The van der Waals surface area contributed by atoms with Crippen molar-refractivity contribution in [1.82, 2.24) is 5.32 Å². The van der Waals surface area contributed by atoms with Gasteiger partial charge in [0, 0.05) is 34.3 Å². The normalized spacial score (nSPS) is 14.5. The molecule has 8 heteroatoms. The van der Waals surface area contributed by atoms with Gasteiger partial charge >= 0.3 is 0 Å². The Bertz CT molecular complexity index is 1190. The molecule has 1 aromatic heterocycles. The highest BCUT2D eigenvalue weighted by atomic mass is 32.1. The zero-order chi connectivity index (χ0) is 26.2. The number of carbonyl (C=O) groups is 2. The molecule has 3 aromatic rings. The van der Waals surface area contributed by atoms with Crippen LogP contribution in [-0.4, -0.2) is 39.2 Å². The quantitative estimate of drug-likeness (QED) is 0.378. The van der Waals surface area contributed by atoms with Gasteiger partial charge in [0.1, 0.15) is 23.3 Å². The number of ether oxygens (including phenoxy) is 3. The van der Waals surface area contributed by atoms with Crippen molar-refractivity contribution in [3.8, 4) is 17.2 Å². The van der Waals surface area contributed by atoms with Gasteiger partial charge in [-0.25, -0.2) is 0 Å².